The predicted octanol–water partition coefficient (Wildman–Crippen LogP) is 5.65. The van der Waals surface area contributed by atoms with E-state index in [0.29, 0.717) is 11.1 Å². The third-order valence-electron chi connectivity index (χ3n) is 4.68. The molecule has 4 aromatic rings. The van der Waals surface area contributed by atoms with Gasteiger partial charge in [-0.05, 0) is 47.0 Å². The van der Waals surface area contributed by atoms with Crippen LogP contribution < -0.4 is 15.1 Å². The maximum atomic E-state index is 12.3. The molecule has 0 fully saturated rings. The van der Waals surface area contributed by atoms with Crippen molar-refractivity contribution in [3.8, 4) is 22.6 Å². The third kappa shape index (κ3) is 4.06. The fourth-order valence-electron chi connectivity index (χ4n) is 3.18. The van der Waals surface area contributed by atoms with Crippen molar-refractivity contribution in [3.63, 3.8) is 0 Å². The van der Waals surface area contributed by atoms with E-state index in [-0.39, 0.29) is 5.63 Å². The van der Waals surface area contributed by atoms with Gasteiger partial charge in [0.25, 0.3) is 0 Å². The van der Waals surface area contributed by atoms with Crippen molar-refractivity contribution in [1.29, 1.82) is 0 Å². The van der Waals surface area contributed by atoms with Crippen LogP contribution in [-0.2, 0) is 0 Å². The van der Waals surface area contributed by atoms with Gasteiger partial charge in [0.15, 0.2) is 0 Å². The van der Waals surface area contributed by atoms with Gasteiger partial charge in [-0.3, -0.25) is 0 Å². The molecule has 29 heavy (non-hydrogen) atoms. The molecule has 0 N–H and O–H groups in total. The van der Waals surface area contributed by atoms with E-state index >= 15 is 0 Å². The van der Waals surface area contributed by atoms with Gasteiger partial charge in [0.2, 0.25) is 0 Å². The van der Waals surface area contributed by atoms with Crippen LogP contribution in [0.2, 0.25) is 0 Å². The molecule has 0 saturated carbocycles. The number of ether oxygens (including phenoxy) is 2. The third-order valence-corrected chi connectivity index (χ3v) is 4.68. The minimum absolute atomic E-state index is 0.338. The van der Waals surface area contributed by atoms with E-state index in [1.54, 1.807) is 14.2 Å². The molecule has 1 heterocycles. The Morgan fingerprint density at radius 3 is 2.14 bits per heavy atom. The summed E-state index contributed by atoms with van der Waals surface area (Å²) in [5.41, 5.74) is 3.58. The van der Waals surface area contributed by atoms with Crippen LogP contribution in [0.5, 0.6) is 11.5 Å². The molecule has 4 nitrogen and oxygen atoms in total. The molecule has 0 aliphatic carbocycles. The van der Waals surface area contributed by atoms with Crippen LogP contribution in [0.25, 0.3) is 34.2 Å². The van der Waals surface area contributed by atoms with E-state index < -0.39 is 0 Å². The highest BCUT2D eigenvalue weighted by atomic mass is 16.5. The lowest BCUT2D eigenvalue weighted by atomic mass is 10.0. The van der Waals surface area contributed by atoms with E-state index in [4.69, 9.17) is 13.9 Å². The first kappa shape index (κ1) is 18.6. The molecule has 0 saturated heterocycles. The molecule has 0 radical (unpaired) electrons. The van der Waals surface area contributed by atoms with E-state index in [1.165, 1.54) is 0 Å². The van der Waals surface area contributed by atoms with Crippen molar-refractivity contribution in [1.82, 2.24) is 0 Å². The van der Waals surface area contributed by atoms with Gasteiger partial charge in [-0.15, -0.1) is 0 Å². The summed E-state index contributed by atoms with van der Waals surface area (Å²) >= 11 is 0. The Bertz CT molecular complexity index is 1210. The van der Waals surface area contributed by atoms with Crippen LogP contribution in [0.1, 0.15) is 11.1 Å². The maximum Gasteiger partial charge on any atom is 0.344 e. The number of hydrogen-bond donors (Lipinski definition) is 0. The quantitative estimate of drug-likeness (QED) is 0.330. The van der Waals surface area contributed by atoms with Crippen molar-refractivity contribution in [2.75, 3.05) is 14.2 Å². The zero-order chi connectivity index (χ0) is 20.2. The molecule has 0 amide bonds. The molecular formula is C25H20O4. The van der Waals surface area contributed by atoms with Gasteiger partial charge in [0.05, 0.1) is 19.8 Å². The summed E-state index contributed by atoms with van der Waals surface area (Å²) in [6.45, 7) is 0. The summed E-state index contributed by atoms with van der Waals surface area (Å²) in [6.07, 6.45) is 3.99. The summed E-state index contributed by atoms with van der Waals surface area (Å²) in [6, 6.07) is 22.8. The van der Waals surface area contributed by atoms with Crippen LogP contribution in [0.4, 0.5) is 0 Å². The van der Waals surface area contributed by atoms with Crippen molar-refractivity contribution < 1.29 is 13.9 Å². The smallest absolute Gasteiger partial charge is 0.344 e. The van der Waals surface area contributed by atoms with Crippen molar-refractivity contribution in [2.45, 2.75) is 0 Å². The molecule has 0 bridgehead atoms. The lowest BCUT2D eigenvalue weighted by Gasteiger charge is -2.06. The normalized spacial score (nSPS) is 11.1. The Hall–Kier alpha value is -3.79. The molecule has 4 rings (SSSR count). The second-order valence-corrected chi connectivity index (χ2v) is 6.59. The van der Waals surface area contributed by atoms with Crippen LogP contribution >= 0.6 is 0 Å². The minimum atomic E-state index is -0.338. The molecule has 144 valence electrons. The highest BCUT2D eigenvalue weighted by molar-refractivity contribution is 5.85. The Kier molecular flexibility index (Phi) is 5.16. The Balaban J connectivity index is 1.71. The van der Waals surface area contributed by atoms with Crippen molar-refractivity contribution in [3.05, 3.63) is 94.3 Å². The zero-order valence-electron chi connectivity index (χ0n) is 16.2. The standard InChI is InChI=1S/C25H20O4/c1-27-21-13-18(14-22(16-21)28-2)9-8-17-10-11-24-20(12-17)15-23(25(26)29-24)19-6-4-3-5-7-19/h3-16H,1-2H3/b9-8-. The lowest BCUT2D eigenvalue weighted by molar-refractivity contribution is 0.394. The Labute approximate surface area is 168 Å². The Morgan fingerprint density at radius 2 is 1.45 bits per heavy atom. The fraction of sp³-hybridized carbons (Fsp3) is 0.0800. The molecular weight excluding hydrogens is 364 g/mol. The predicted molar refractivity (Wildman–Crippen MR) is 116 cm³/mol. The van der Waals surface area contributed by atoms with Gasteiger partial charge in [0.1, 0.15) is 17.1 Å². The highest BCUT2D eigenvalue weighted by Gasteiger charge is 2.07. The van der Waals surface area contributed by atoms with Crippen LogP contribution in [0.15, 0.2) is 82.0 Å². The van der Waals surface area contributed by atoms with Crippen LogP contribution in [-0.4, -0.2) is 14.2 Å². The monoisotopic (exact) mass is 384 g/mol. The second kappa shape index (κ2) is 8.07. The number of hydrogen-bond acceptors (Lipinski definition) is 4. The second-order valence-electron chi connectivity index (χ2n) is 6.59. The van der Waals surface area contributed by atoms with Crippen LogP contribution in [0.3, 0.4) is 0 Å². The summed E-state index contributed by atoms with van der Waals surface area (Å²) < 4.78 is 16.1. The zero-order valence-corrected chi connectivity index (χ0v) is 16.2. The number of methoxy groups -OCH3 is 2. The summed E-state index contributed by atoms with van der Waals surface area (Å²) in [4.78, 5) is 12.3. The van der Waals surface area contributed by atoms with Crippen molar-refractivity contribution >= 4 is 23.1 Å². The van der Waals surface area contributed by atoms with Gasteiger partial charge < -0.3 is 13.9 Å². The van der Waals surface area contributed by atoms with E-state index in [2.05, 4.69) is 0 Å². The van der Waals surface area contributed by atoms with E-state index in [0.717, 1.165) is 33.6 Å². The first-order valence-corrected chi connectivity index (χ1v) is 9.21. The molecule has 0 unspecified atom stereocenters. The summed E-state index contributed by atoms with van der Waals surface area (Å²) in [5.74, 6) is 1.47. The number of fused-ring (bicyclic) bond motifs is 1. The molecule has 0 atom stereocenters. The molecule has 0 aliphatic heterocycles. The Morgan fingerprint density at radius 1 is 0.759 bits per heavy atom. The van der Waals surface area contributed by atoms with Gasteiger partial charge in [-0.25, -0.2) is 4.79 Å². The highest BCUT2D eigenvalue weighted by Crippen LogP contribution is 2.25. The average molecular weight is 384 g/mol. The molecule has 0 spiro atoms. The molecule has 3 aromatic carbocycles. The number of benzene rings is 3. The minimum Gasteiger partial charge on any atom is -0.497 e. The molecule has 4 heteroatoms. The SMILES string of the molecule is COc1cc(/C=C\c2ccc3oc(=O)c(-c4ccccc4)cc3c2)cc(OC)c1. The van der Waals surface area contributed by atoms with Gasteiger partial charge in [0, 0.05) is 11.5 Å². The van der Waals surface area contributed by atoms with Gasteiger partial charge in [-0.2, -0.15) is 0 Å². The average Bonchev–Trinajstić information content (AvgIpc) is 2.77. The van der Waals surface area contributed by atoms with Gasteiger partial charge >= 0.3 is 5.63 Å². The first-order chi connectivity index (χ1) is 14.2. The maximum absolute atomic E-state index is 12.3. The van der Waals surface area contributed by atoms with Crippen molar-refractivity contribution in [2.24, 2.45) is 0 Å². The molecule has 0 aliphatic rings. The fourth-order valence-corrected chi connectivity index (χ4v) is 3.18. The lowest BCUT2D eigenvalue weighted by Crippen LogP contribution is -2.02. The first-order valence-electron chi connectivity index (χ1n) is 9.21. The van der Waals surface area contributed by atoms with Crippen LogP contribution in [0, 0.1) is 0 Å². The summed E-state index contributed by atoms with van der Waals surface area (Å²) in [5, 5.41) is 0.869. The topological polar surface area (TPSA) is 48.7 Å². The summed E-state index contributed by atoms with van der Waals surface area (Å²) in [7, 11) is 3.26. The van der Waals surface area contributed by atoms with E-state index in [1.807, 2.05) is 84.9 Å². The number of rotatable bonds is 5. The van der Waals surface area contributed by atoms with E-state index in [9.17, 15) is 4.79 Å². The molecule has 1 aromatic heterocycles. The largest absolute Gasteiger partial charge is 0.497 e. The van der Waals surface area contributed by atoms with Gasteiger partial charge in [-0.1, -0.05) is 48.6 Å².